The van der Waals surface area contributed by atoms with Gasteiger partial charge in [-0.25, -0.2) is 0 Å². The van der Waals surface area contributed by atoms with Crippen molar-refractivity contribution in [2.45, 2.75) is 13.5 Å². The highest BCUT2D eigenvalue weighted by Gasteiger charge is 2.05. The average Bonchev–Trinajstić information content (AvgIpc) is 2.99. The van der Waals surface area contributed by atoms with Crippen LogP contribution in [0.2, 0.25) is 0 Å². The maximum absolute atomic E-state index is 11.8. The van der Waals surface area contributed by atoms with Crippen LogP contribution in [-0.2, 0) is 16.1 Å². The van der Waals surface area contributed by atoms with Gasteiger partial charge in [-0.2, -0.15) is 5.10 Å². The average molecular weight is 323 g/mol. The molecule has 6 nitrogen and oxygen atoms in total. The number of nitrogens with zero attached hydrogens (tertiary/aromatic N) is 2. The van der Waals surface area contributed by atoms with Crippen molar-refractivity contribution >= 4 is 29.0 Å². The van der Waals surface area contributed by atoms with Crippen molar-refractivity contribution < 1.29 is 9.53 Å². The van der Waals surface area contributed by atoms with E-state index in [-0.39, 0.29) is 12.1 Å². The second kappa shape index (κ2) is 6.95. The minimum absolute atomic E-state index is 0.0975. The molecule has 1 aromatic carbocycles. The third-order valence-electron chi connectivity index (χ3n) is 3.54. The van der Waals surface area contributed by atoms with Gasteiger partial charge in [0.2, 0.25) is 0 Å². The number of fused-ring (bicyclic) bond motifs is 1. The summed E-state index contributed by atoms with van der Waals surface area (Å²) in [6, 6.07) is 11.0. The number of aromatic nitrogens is 3. The summed E-state index contributed by atoms with van der Waals surface area (Å²) >= 11 is 0. The van der Waals surface area contributed by atoms with Crippen LogP contribution in [0, 0.1) is 0 Å². The van der Waals surface area contributed by atoms with Crippen molar-refractivity contribution in [2.75, 3.05) is 6.61 Å². The zero-order valence-corrected chi connectivity index (χ0v) is 13.2. The lowest BCUT2D eigenvalue weighted by atomic mass is 10.2. The minimum atomic E-state index is -0.431. The molecule has 0 saturated heterocycles. The summed E-state index contributed by atoms with van der Waals surface area (Å²) in [5.74, 6) is -0.431. The first-order chi connectivity index (χ1) is 11.7. The summed E-state index contributed by atoms with van der Waals surface area (Å²) in [5, 5.41) is 8.26. The van der Waals surface area contributed by atoms with E-state index in [4.69, 9.17) is 4.74 Å². The number of hydrogen-bond acceptors (Lipinski definition) is 4. The van der Waals surface area contributed by atoms with E-state index in [1.165, 1.54) is 10.6 Å². The van der Waals surface area contributed by atoms with Gasteiger partial charge in [-0.15, -0.1) is 0 Å². The normalized spacial score (nSPS) is 11.2. The predicted molar refractivity (Wildman–Crippen MR) is 92.4 cm³/mol. The van der Waals surface area contributed by atoms with Gasteiger partial charge in [0.1, 0.15) is 6.54 Å². The Kier molecular flexibility index (Phi) is 4.56. The fraction of sp³-hybridized carbons (Fsp3) is 0.167. The van der Waals surface area contributed by atoms with Crippen LogP contribution in [0.1, 0.15) is 18.2 Å². The topological polar surface area (TPSA) is 77.0 Å². The summed E-state index contributed by atoms with van der Waals surface area (Å²) in [7, 11) is 0. The molecule has 122 valence electrons. The van der Waals surface area contributed by atoms with Crippen LogP contribution in [0.5, 0.6) is 0 Å². The van der Waals surface area contributed by atoms with Gasteiger partial charge < -0.3 is 9.30 Å². The Morgan fingerprint density at radius 2 is 2.08 bits per heavy atom. The Morgan fingerprint density at radius 1 is 1.25 bits per heavy atom. The van der Waals surface area contributed by atoms with Crippen molar-refractivity contribution in [1.29, 1.82) is 0 Å². The lowest BCUT2D eigenvalue weighted by molar-refractivity contribution is -0.143. The van der Waals surface area contributed by atoms with Crippen LogP contribution in [0.4, 0.5) is 0 Å². The summed E-state index contributed by atoms with van der Waals surface area (Å²) in [4.78, 5) is 23.4. The molecule has 0 amide bonds. The third-order valence-corrected chi connectivity index (χ3v) is 3.54. The molecule has 0 bridgehead atoms. The molecule has 0 aliphatic heterocycles. The van der Waals surface area contributed by atoms with Crippen molar-refractivity contribution in [1.82, 2.24) is 14.8 Å². The molecule has 3 aromatic rings. The molecular weight excluding hydrogens is 306 g/mol. The van der Waals surface area contributed by atoms with Gasteiger partial charge in [-0.05, 0) is 30.7 Å². The lowest BCUT2D eigenvalue weighted by Gasteiger charge is -2.05. The zero-order chi connectivity index (χ0) is 16.9. The maximum atomic E-state index is 11.8. The largest absolute Gasteiger partial charge is 0.465 e. The fourth-order valence-corrected chi connectivity index (χ4v) is 2.40. The Hall–Kier alpha value is -3.15. The number of carbonyl (C=O) groups excluding carboxylic acids is 1. The van der Waals surface area contributed by atoms with Crippen molar-refractivity contribution in [3.05, 3.63) is 64.2 Å². The molecule has 0 aliphatic carbocycles. The van der Waals surface area contributed by atoms with Crippen molar-refractivity contribution in [3.63, 3.8) is 0 Å². The second-order valence-corrected chi connectivity index (χ2v) is 5.22. The van der Waals surface area contributed by atoms with Gasteiger partial charge in [0.15, 0.2) is 0 Å². The molecule has 0 saturated carbocycles. The number of nitrogens with one attached hydrogen (secondary N) is 1. The molecule has 0 spiro atoms. The molecule has 2 heterocycles. The number of hydrogen-bond donors (Lipinski definition) is 1. The van der Waals surface area contributed by atoms with E-state index in [0.717, 1.165) is 22.2 Å². The zero-order valence-electron chi connectivity index (χ0n) is 13.2. The van der Waals surface area contributed by atoms with Crippen LogP contribution in [0.3, 0.4) is 0 Å². The Bertz CT molecular complexity index is 953. The molecule has 1 N–H and O–H groups in total. The second-order valence-electron chi connectivity index (χ2n) is 5.22. The molecule has 0 radical (unpaired) electrons. The number of aromatic amines is 1. The maximum Gasteiger partial charge on any atom is 0.326 e. The summed E-state index contributed by atoms with van der Waals surface area (Å²) in [6.07, 6.45) is 5.35. The van der Waals surface area contributed by atoms with Gasteiger partial charge in [0, 0.05) is 17.6 Å². The van der Waals surface area contributed by atoms with Crippen LogP contribution in [-0.4, -0.2) is 27.3 Å². The molecule has 0 atom stereocenters. The number of ether oxygens (including phenoxy) is 1. The quantitative estimate of drug-likeness (QED) is 0.732. The van der Waals surface area contributed by atoms with Gasteiger partial charge >= 0.3 is 5.97 Å². The van der Waals surface area contributed by atoms with E-state index >= 15 is 0 Å². The molecule has 3 rings (SSSR count). The number of esters is 1. The van der Waals surface area contributed by atoms with E-state index in [1.54, 1.807) is 19.2 Å². The van der Waals surface area contributed by atoms with E-state index in [0.29, 0.717) is 6.61 Å². The fourth-order valence-electron chi connectivity index (χ4n) is 2.40. The third kappa shape index (κ3) is 3.43. The highest BCUT2D eigenvalue weighted by molar-refractivity contribution is 5.89. The SMILES string of the molecule is CCOC(=O)Cn1cc(/C=C/c2n[nH]c3ccccc23)ccc1=O. The highest BCUT2D eigenvalue weighted by atomic mass is 16.5. The van der Waals surface area contributed by atoms with Gasteiger partial charge in [0.25, 0.3) is 5.56 Å². The van der Waals surface area contributed by atoms with Crippen LogP contribution >= 0.6 is 0 Å². The summed E-state index contributed by atoms with van der Waals surface area (Å²) in [6.45, 7) is 1.92. The Labute approximate surface area is 138 Å². The van der Waals surface area contributed by atoms with Crippen LogP contribution < -0.4 is 5.56 Å². The van der Waals surface area contributed by atoms with Crippen LogP contribution in [0.15, 0.2) is 47.4 Å². The number of carbonyl (C=O) groups is 1. The van der Waals surface area contributed by atoms with Crippen molar-refractivity contribution in [3.8, 4) is 0 Å². The van der Waals surface area contributed by atoms with Gasteiger partial charge in [-0.3, -0.25) is 14.7 Å². The summed E-state index contributed by atoms with van der Waals surface area (Å²) in [5.41, 5.74) is 2.33. The van der Waals surface area contributed by atoms with E-state index in [9.17, 15) is 9.59 Å². The molecule has 6 heteroatoms. The van der Waals surface area contributed by atoms with Crippen LogP contribution in [0.25, 0.3) is 23.1 Å². The number of benzene rings is 1. The molecular formula is C18H17N3O3. The first-order valence-electron chi connectivity index (χ1n) is 7.64. The Morgan fingerprint density at radius 3 is 2.92 bits per heavy atom. The van der Waals surface area contributed by atoms with E-state index < -0.39 is 5.97 Å². The van der Waals surface area contributed by atoms with Gasteiger partial charge in [0.05, 0.1) is 17.8 Å². The number of para-hydroxylation sites is 1. The first kappa shape index (κ1) is 15.7. The van der Waals surface area contributed by atoms with E-state index in [2.05, 4.69) is 10.2 Å². The molecule has 2 aromatic heterocycles. The number of rotatable bonds is 5. The predicted octanol–water partition coefficient (Wildman–Crippen LogP) is 2.46. The lowest BCUT2D eigenvalue weighted by Crippen LogP contribution is -2.24. The first-order valence-corrected chi connectivity index (χ1v) is 7.64. The monoisotopic (exact) mass is 323 g/mol. The van der Waals surface area contributed by atoms with E-state index in [1.807, 2.05) is 36.4 Å². The standard InChI is InChI=1S/C18H17N3O3/c1-2-24-18(23)12-21-11-13(8-10-17(21)22)7-9-16-14-5-3-4-6-15(14)19-20-16/h3-11H,2,12H2,1H3,(H,19,20)/b9-7+. The van der Waals surface area contributed by atoms with Gasteiger partial charge in [-0.1, -0.05) is 24.3 Å². The minimum Gasteiger partial charge on any atom is -0.465 e. The Balaban J connectivity index is 1.85. The number of pyridine rings is 1. The number of H-pyrrole nitrogens is 1. The smallest absolute Gasteiger partial charge is 0.326 e. The van der Waals surface area contributed by atoms with Crippen molar-refractivity contribution in [2.24, 2.45) is 0 Å². The molecule has 24 heavy (non-hydrogen) atoms. The molecule has 0 fully saturated rings. The highest BCUT2D eigenvalue weighted by Crippen LogP contribution is 2.17. The molecule has 0 unspecified atom stereocenters. The summed E-state index contributed by atoms with van der Waals surface area (Å²) < 4.78 is 6.21. The molecule has 0 aliphatic rings.